The zero-order valence-corrected chi connectivity index (χ0v) is 19.5. The van der Waals surface area contributed by atoms with Crippen LogP contribution in [0.5, 0.6) is 11.5 Å². The molecule has 0 N–H and O–H groups in total. The normalized spacial score (nSPS) is 18.1. The van der Waals surface area contributed by atoms with Crippen LogP contribution < -0.4 is 9.47 Å². The van der Waals surface area contributed by atoms with Crippen molar-refractivity contribution in [3.05, 3.63) is 95.1 Å². The standard InChI is InChI=1S/C28H28N2O4/c1-33-22-12-10-21(11-13-22)28(26(31)24-8-3-4-9-25(24)27(28)32)30-16-14-29(15-17-30)19-20-6-5-7-23(18-20)34-2/h3-13,18H,14-17,19H2,1-2H3. The fourth-order valence-corrected chi connectivity index (χ4v) is 5.21. The molecule has 6 nitrogen and oxygen atoms in total. The largest absolute Gasteiger partial charge is 0.497 e. The highest BCUT2D eigenvalue weighted by Crippen LogP contribution is 2.43. The maximum Gasteiger partial charge on any atom is 0.196 e. The van der Waals surface area contributed by atoms with E-state index in [-0.39, 0.29) is 11.6 Å². The SMILES string of the molecule is COc1ccc(C2(N3CCN(Cc4cccc(OC)c4)CC3)C(=O)c3ccccc3C2=O)cc1. The molecule has 3 aromatic carbocycles. The summed E-state index contributed by atoms with van der Waals surface area (Å²) in [4.78, 5) is 32.2. The summed E-state index contributed by atoms with van der Waals surface area (Å²) in [7, 11) is 3.28. The van der Waals surface area contributed by atoms with Crippen LogP contribution in [0.15, 0.2) is 72.8 Å². The van der Waals surface area contributed by atoms with Crippen LogP contribution in [-0.2, 0) is 12.1 Å². The van der Waals surface area contributed by atoms with Crippen LogP contribution in [-0.4, -0.2) is 61.8 Å². The highest BCUT2D eigenvalue weighted by Gasteiger charge is 2.58. The molecule has 5 rings (SSSR count). The van der Waals surface area contributed by atoms with Gasteiger partial charge in [-0.25, -0.2) is 0 Å². The number of fused-ring (bicyclic) bond motifs is 1. The van der Waals surface area contributed by atoms with Crippen LogP contribution in [0, 0.1) is 0 Å². The molecule has 3 aromatic rings. The second-order valence-electron chi connectivity index (χ2n) is 8.76. The number of rotatable bonds is 6. The third kappa shape index (κ3) is 3.59. The minimum absolute atomic E-state index is 0.139. The molecule has 1 aliphatic carbocycles. The van der Waals surface area contributed by atoms with E-state index in [1.165, 1.54) is 5.56 Å². The van der Waals surface area contributed by atoms with Gasteiger partial charge in [-0.05, 0) is 35.4 Å². The van der Waals surface area contributed by atoms with Crippen molar-refractivity contribution in [1.29, 1.82) is 0 Å². The summed E-state index contributed by atoms with van der Waals surface area (Å²) in [6.45, 7) is 3.53. The van der Waals surface area contributed by atoms with E-state index in [0.717, 1.165) is 25.4 Å². The van der Waals surface area contributed by atoms with Crippen molar-refractivity contribution in [1.82, 2.24) is 9.80 Å². The first-order chi connectivity index (χ1) is 16.6. The van der Waals surface area contributed by atoms with Crippen molar-refractivity contribution in [3.63, 3.8) is 0 Å². The molecule has 1 heterocycles. The first kappa shape index (κ1) is 22.3. The molecular formula is C28H28N2O4. The smallest absolute Gasteiger partial charge is 0.196 e. The summed E-state index contributed by atoms with van der Waals surface area (Å²) in [5.41, 5.74) is 1.54. The quantitative estimate of drug-likeness (QED) is 0.526. The van der Waals surface area contributed by atoms with Gasteiger partial charge in [-0.15, -0.1) is 0 Å². The molecule has 0 radical (unpaired) electrons. The molecular weight excluding hydrogens is 428 g/mol. The number of nitrogens with zero attached hydrogens (tertiary/aromatic N) is 2. The van der Waals surface area contributed by atoms with E-state index < -0.39 is 5.54 Å². The number of carbonyl (C=O) groups excluding carboxylic acids is 2. The molecule has 174 valence electrons. The molecule has 0 spiro atoms. The highest BCUT2D eigenvalue weighted by molar-refractivity contribution is 6.32. The van der Waals surface area contributed by atoms with Gasteiger partial charge >= 0.3 is 0 Å². The number of hydrogen-bond acceptors (Lipinski definition) is 6. The van der Waals surface area contributed by atoms with E-state index in [1.54, 1.807) is 26.4 Å². The molecule has 0 atom stereocenters. The molecule has 1 saturated heterocycles. The van der Waals surface area contributed by atoms with E-state index >= 15 is 0 Å². The van der Waals surface area contributed by atoms with Gasteiger partial charge in [0, 0.05) is 43.9 Å². The Morgan fingerprint density at radius 3 is 1.94 bits per heavy atom. The number of Topliss-reactive ketones (excluding diaryl/α,β-unsaturated/α-hetero) is 2. The lowest BCUT2D eigenvalue weighted by molar-refractivity contribution is 0.0279. The lowest BCUT2D eigenvalue weighted by Crippen LogP contribution is -2.60. The number of benzene rings is 3. The van der Waals surface area contributed by atoms with E-state index in [1.807, 2.05) is 54.6 Å². The fourth-order valence-electron chi connectivity index (χ4n) is 5.21. The molecule has 1 aliphatic heterocycles. The van der Waals surface area contributed by atoms with Crippen LogP contribution in [0.1, 0.15) is 31.8 Å². The molecule has 0 unspecified atom stereocenters. The summed E-state index contributed by atoms with van der Waals surface area (Å²) in [6, 6.07) is 22.6. The number of ether oxygens (including phenoxy) is 2. The molecule has 1 fully saturated rings. The Bertz CT molecular complexity index is 1180. The van der Waals surface area contributed by atoms with Crippen LogP contribution >= 0.6 is 0 Å². The van der Waals surface area contributed by atoms with Crippen LogP contribution in [0.2, 0.25) is 0 Å². The Kier molecular flexibility index (Phi) is 5.94. The maximum atomic E-state index is 13.9. The van der Waals surface area contributed by atoms with Gasteiger partial charge in [-0.1, -0.05) is 48.5 Å². The predicted octanol–water partition coefficient (Wildman–Crippen LogP) is 3.80. The summed E-state index contributed by atoms with van der Waals surface area (Å²) in [5.74, 6) is 1.26. The van der Waals surface area contributed by atoms with Gasteiger partial charge < -0.3 is 9.47 Å². The van der Waals surface area contributed by atoms with Crippen molar-refractivity contribution >= 4 is 11.6 Å². The van der Waals surface area contributed by atoms with Crippen LogP contribution in [0.25, 0.3) is 0 Å². The number of methoxy groups -OCH3 is 2. The minimum atomic E-state index is -1.34. The predicted molar refractivity (Wildman–Crippen MR) is 130 cm³/mol. The van der Waals surface area contributed by atoms with Crippen molar-refractivity contribution < 1.29 is 19.1 Å². The van der Waals surface area contributed by atoms with E-state index in [9.17, 15) is 9.59 Å². The molecule has 0 bridgehead atoms. The number of piperazine rings is 1. The number of hydrogen-bond donors (Lipinski definition) is 0. The van der Waals surface area contributed by atoms with E-state index in [0.29, 0.717) is 35.5 Å². The molecule has 2 aliphatic rings. The van der Waals surface area contributed by atoms with E-state index in [2.05, 4.69) is 15.9 Å². The zero-order chi connectivity index (χ0) is 23.7. The Balaban J connectivity index is 1.44. The molecule has 0 aromatic heterocycles. The topological polar surface area (TPSA) is 59.1 Å². The van der Waals surface area contributed by atoms with Gasteiger partial charge in [0.05, 0.1) is 14.2 Å². The first-order valence-electron chi connectivity index (χ1n) is 11.5. The van der Waals surface area contributed by atoms with Gasteiger partial charge in [0.15, 0.2) is 17.1 Å². The third-order valence-electron chi connectivity index (χ3n) is 6.97. The molecule has 34 heavy (non-hydrogen) atoms. The highest BCUT2D eigenvalue weighted by atomic mass is 16.5. The maximum absolute atomic E-state index is 13.9. The molecule has 0 amide bonds. The third-order valence-corrected chi connectivity index (χ3v) is 6.97. The Morgan fingerprint density at radius 2 is 1.35 bits per heavy atom. The van der Waals surface area contributed by atoms with Crippen molar-refractivity contribution in [2.45, 2.75) is 12.1 Å². The lowest BCUT2D eigenvalue weighted by Gasteiger charge is -2.44. The van der Waals surface area contributed by atoms with Crippen molar-refractivity contribution in [2.75, 3.05) is 40.4 Å². The second kappa shape index (κ2) is 9.05. The summed E-state index contributed by atoms with van der Waals surface area (Å²) >= 11 is 0. The molecule has 0 saturated carbocycles. The van der Waals surface area contributed by atoms with Crippen molar-refractivity contribution in [3.8, 4) is 11.5 Å². The number of carbonyl (C=O) groups is 2. The average Bonchev–Trinajstić information content (AvgIpc) is 3.12. The second-order valence-corrected chi connectivity index (χ2v) is 8.76. The summed E-state index contributed by atoms with van der Waals surface area (Å²) < 4.78 is 10.7. The Labute approximate surface area is 199 Å². The Hall–Kier alpha value is -3.48. The van der Waals surface area contributed by atoms with Gasteiger partial charge in [0.2, 0.25) is 0 Å². The van der Waals surface area contributed by atoms with E-state index in [4.69, 9.17) is 9.47 Å². The van der Waals surface area contributed by atoms with Crippen LogP contribution in [0.4, 0.5) is 0 Å². The number of ketones is 2. The summed E-state index contributed by atoms with van der Waals surface area (Å²) in [6.07, 6.45) is 0. The minimum Gasteiger partial charge on any atom is -0.497 e. The van der Waals surface area contributed by atoms with Gasteiger partial charge in [-0.3, -0.25) is 19.4 Å². The fraction of sp³-hybridized carbons (Fsp3) is 0.286. The van der Waals surface area contributed by atoms with Crippen molar-refractivity contribution in [2.24, 2.45) is 0 Å². The Morgan fingerprint density at radius 1 is 0.735 bits per heavy atom. The molecule has 6 heteroatoms. The van der Waals surface area contributed by atoms with Gasteiger partial charge in [0.25, 0.3) is 0 Å². The zero-order valence-electron chi connectivity index (χ0n) is 19.5. The van der Waals surface area contributed by atoms with Gasteiger partial charge in [-0.2, -0.15) is 0 Å². The first-order valence-corrected chi connectivity index (χ1v) is 11.5. The lowest BCUT2D eigenvalue weighted by atomic mass is 9.82. The average molecular weight is 457 g/mol. The van der Waals surface area contributed by atoms with Gasteiger partial charge in [0.1, 0.15) is 11.5 Å². The van der Waals surface area contributed by atoms with Crippen LogP contribution in [0.3, 0.4) is 0 Å². The summed E-state index contributed by atoms with van der Waals surface area (Å²) in [5, 5.41) is 0. The monoisotopic (exact) mass is 456 g/mol.